The van der Waals surface area contributed by atoms with Gasteiger partial charge in [-0.15, -0.1) is 23.1 Å². The third-order valence-corrected chi connectivity index (χ3v) is 4.79. The number of hydrogen-bond donors (Lipinski definition) is 0. The molecule has 1 atom stereocenters. The van der Waals surface area contributed by atoms with Gasteiger partial charge in [-0.25, -0.2) is 0 Å². The summed E-state index contributed by atoms with van der Waals surface area (Å²) in [7, 11) is 0. The molecule has 0 radical (unpaired) electrons. The molecule has 2 heterocycles. The van der Waals surface area contributed by atoms with Crippen LogP contribution < -0.4 is 0 Å². The van der Waals surface area contributed by atoms with Crippen molar-refractivity contribution in [1.82, 2.24) is 0 Å². The lowest BCUT2D eigenvalue weighted by atomic mass is 10.1. The fourth-order valence-corrected chi connectivity index (χ4v) is 4.03. The summed E-state index contributed by atoms with van der Waals surface area (Å²) in [5, 5.41) is 2.94. The highest BCUT2D eigenvalue weighted by molar-refractivity contribution is 8.02. The molecule has 0 amide bonds. The largest absolute Gasteiger partial charge is 0.144 e. The fraction of sp³-hybridized carbons (Fsp3) is 0.500. The van der Waals surface area contributed by atoms with Crippen molar-refractivity contribution in [3.8, 4) is 0 Å². The van der Waals surface area contributed by atoms with Gasteiger partial charge in [0.25, 0.3) is 0 Å². The fourth-order valence-electron chi connectivity index (χ4n) is 1.65. The van der Waals surface area contributed by atoms with E-state index in [2.05, 4.69) is 37.5 Å². The highest BCUT2D eigenvalue weighted by Crippen LogP contribution is 2.41. The van der Waals surface area contributed by atoms with Crippen LogP contribution in [0.1, 0.15) is 35.3 Å². The molecule has 0 aromatic carbocycles. The van der Waals surface area contributed by atoms with E-state index in [1.165, 1.54) is 12.8 Å². The summed E-state index contributed by atoms with van der Waals surface area (Å²) in [6.45, 7) is 4.57. The van der Waals surface area contributed by atoms with E-state index in [0.717, 1.165) is 5.92 Å². The third-order valence-electron chi connectivity index (χ3n) is 2.30. The molecule has 1 aliphatic rings. The van der Waals surface area contributed by atoms with Crippen LogP contribution in [0.4, 0.5) is 0 Å². The summed E-state index contributed by atoms with van der Waals surface area (Å²) < 4.78 is 0. The van der Waals surface area contributed by atoms with Crippen LogP contribution in [0.2, 0.25) is 0 Å². The van der Waals surface area contributed by atoms with Gasteiger partial charge >= 0.3 is 0 Å². The maximum Gasteiger partial charge on any atom is 0.0467 e. The molecule has 0 nitrogen and oxygen atoms in total. The van der Waals surface area contributed by atoms with Crippen molar-refractivity contribution in [1.29, 1.82) is 0 Å². The number of thioether (sulfide) groups is 1. The van der Waals surface area contributed by atoms with Gasteiger partial charge in [0.1, 0.15) is 0 Å². The third kappa shape index (κ3) is 2.43. The van der Waals surface area contributed by atoms with Gasteiger partial charge in [0.15, 0.2) is 0 Å². The summed E-state index contributed by atoms with van der Waals surface area (Å²) >= 11 is 3.96. The van der Waals surface area contributed by atoms with Crippen molar-refractivity contribution in [3.63, 3.8) is 0 Å². The van der Waals surface area contributed by atoms with Crippen molar-refractivity contribution in [2.24, 2.45) is 5.92 Å². The van der Waals surface area contributed by atoms with Gasteiger partial charge in [-0.05, 0) is 36.3 Å². The highest BCUT2D eigenvalue weighted by Gasteiger charge is 2.15. The number of thiophene rings is 1. The van der Waals surface area contributed by atoms with Crippen LogP contribution in [0.5, 0.6) is 0 Å². The molecule has 0 aliphatic carbocycles. The molecule has 76 valence electrons. The molecular weight excluding hydrogens is 208 g/mol. The van der Waals surface area contributed by atoms with Crippen molar-refractivity contribution in [2.75, 3.05) is 0 Å². The first-order valence-corrected chi connectivity index (χ1v) is 6.90. The number of hydrogen-bond acceptors (Lipinski definition) is 2. The van der Waals surface area contributed by atoms with E-state index in [1.54, 1.807) is 9.75 Å². The van der Waals surface area contributed by atoms with Crippen LogP contribution in [-0.4, -0.2) is 0 Å². The molecule has 0 spiro atoms. The molecule has 1 unspecified atom stereocenters. The van der Waals surface area contributed by atoms with Crippen molar-refractivity contribution < 1.29 is 0 Å². The zero-order valence-corrected chi connectivity index (χ0v) is 10.3. The van der Waals surface area contributed by atoms with Crippen molar-refractivity contribution in [2.45, 2.75) is 31.9 Å². The first-order chi connectivity index (χ1) is 6.75. The number of allylic oxidation sites excluding steroid dienone is 1. The predicted octanol–water partition coefficient (Wildman–Crippen LogP) is 4.64. The predicted molar refractivity (Wildman–Crippen MR) is 67.0 cm³/mol. The quantitative estimate of drug-likeness (QED) is 0.721. The SMILES string of the molecule is CC(C)Cc1ccc(C2CC=CS2)s1. The Kier molecular flexibility index (Phi) is 3.34. The Morgan fingerprint density at radius 3 is 2.93 bits per heavy atom. The molecule has 0 saturated heterocycles. The summed E-state index contributed by atoms with van der Waals surface area (Å²) in [5.74, 6) is 0.774. The van der Waals surface area contributed by atoms with Gasteiger partial charge in [-0.2, -0.15) is 0 Å². The zero-order chi connectivity index (χ0) is 9.97. The first kappa shape index (κ1) is 10.3. The molecule has 1 aliphatic heterocycles. The smallest absolute Gasteiger partial charge is 0.0467 e. The van der Waals surface area contributed by atoms with E-state index >= 15 is 0 Å². The van der Waals surface area contributed by atoms with Gasteiger partial charge in [0.05, 0.1) is 0 Å². The molecule has 2 heteroatoms. The van der Waals surface area contributed by atoms with Crippen LogP contribution in [0.15, 0.2) is 23.6 Å². The Morgan fingerprint density at radius 1 is 1.43 bits per heavy atom. The van der Waals surface area contributed by atoms with Crippen LogP contribution in [-0.2, 0) is 6.42 Å². The first-order valence-electron chi connectivity index (χ1n) is 5.15. The Bertz CT molecular complexity index is 315. The monoisotopic (exact) mass is 224 g/mol. The Morgan fingerprint density at radius 2 is 2.29 bits per heavy atom. The van der Waals surface area contributed by atoms with Gasteiger partial charge < -0.3 is 0 Å². The normalized spacial score (nSPS) is 20.9. The molecule has 14 heavy (non-hydrogen) atoms. The van der Waals surface area contributed by atoms with Crippen molar-refractivity contribution >= 4 is 23.1 Å². The topological polar surface area (TPSA) is 0 Å². The van der Waals surface area contributed by atoms with Crippen LogP contribution in [0.3, 0.4) is 0 Å². The van der Waals surface area contributed by atoms with Crippen LogP contribution >= 0.6 is 23.1 Å². The Labute approximate surface area is 94.4 Å². The summed E-state index contributed by atoms with van der Waals surface area (Å²) in [6, 6.07) is 4.62. The second-order valence-electron chi connectivity index (χ2n) is 4.13. The highest BCUT2D eigenvalue weighted by atomic mass is 32.2. The lowest BCUT2D eigenvalue weighted by Crippen LogP contribution is -1.89. The second-order valence-corrected chi connectivity index (χ2v) is 6.45. The summed E-state index contributed by atoms with van der Waals surface area (Å²) in [6.07, 6.45) is 4.72. The second kappa shape index (κ2) is 4.54. The minimum absolute atomic E-state index is 0.709. The van der Waals surface area contributed by atoms with Crippen LogP contribution in [0.25, 0.3) is 0 Å². The van der Waals surface area contributed by atoms with E-state index in [1.807, 2.05) is 23.1 Å². The average Bonchev–Trinajstić information content (AvgIpc) is 2.69. The lowest BCUT2D eigenvalue weighted by Gasteiger charge is -2.04. The van der Waals surface area contributed by atoms with Gasteiger partial charge in [-0.1, -0.05) is 19.9 Å². The van der Waals surface area contributed by atoms with E-state index in [9.17, 15) is 0 Å². The minimum Gasteiger partial charge on any atom is -0.144 e. The maximum absolute atomic E-state index is 2.31. The zero-order valence-electron chi connectivity index (χ0n) is 8.69. The Hall–Kier alpha value is -0.210. The van der Waals surface area contributed by atoms with E-state index < -0.39 is 0 Å². The molecule has 1 aromatic heterocycles. The van der Waals surface area contributed by atoms with E-state index in [4.69, 9.17) is 0 Å². The standard InChI is InChI=1S/C12H16S2/c1-9(2)8-10-5-6-12(14-10)11-4-3-7-13-11/h3,5-7,9,11H,4,8H2,1-2H3. The molecular formula is C12H16S2. The summed E-state index contributed by atoms with van der Waals surface area (Å²) in [5.41, 5.74) is 0. The minimum atomic E-state index is 0.709. The molecule has 0 saturated carbocycles. The van der Waals surface area contributed by atoms with E-state index in [0.29, 0.717) is 5.25 Å². The van der Waals surface area contributed by atoms with Gasteiger partial charge in [-0.3, -0.25) is 0 Å². The summed E-state index contributed by atoms with van der Waals surface area (Å²) in [4.78, 5) is 3.10. The Balaban J connectivity index is 2.02. The molecule has 0 bridgehead atoms. The molecule has 1 aromatic rings. The molecule has 2 rings (SSSR count). The lowest BCUT2D eigenvalue weighted by molar-refractivity contribution is 0.654. The molecule has 0 fully saturated rings. The molecule has 0 N–H and O–H groups in total. The van der Waals surface area contributed by atoms with E-state index in [-0.39, 0.29) is 0 Å². The van der Waals surface area contributed by atoms with Gasteiger partial charge in [0.2, 0.25) is 0 Å². The van der Waals surface area contributed by atoms with Crippen LogP contribution in [0, 0.1) is 5.92 Å². The van der Waals surface area contributed by atoms with Crippen molar-refractivity contribution in [3.05, 3.63) is 33.4 Å². The van der Waals surface area contributed by atoms with Gasteiger partial charge in [0, 0.05) is 15.0 Å². The average molecular weight is 224 g/mol. The maximum atomic E-state index is 2.31. The number of rotatable bonds is 3.